The van der Waals surface area contributed by atoms with Crippen LogP contribution in [-0.4, -0.2) is 0 Å². The summed E-state index contributed by atoms with van der Waals surface area (Å²) in [7, 11) is 0. The molecule has 1 saturated carbocycles. The molecule has 0 saturated heterocycles. The second-order valence-electron chi connectivity index (χ2n) is 4.19. The van der Waals surface area contributed by atoms with Gasteiger partial charge in [-0.2, -0.15) is 0 Å². The van der Waals surface area contributed by atoms with Crippen molar-refractivity contribution in [3.63, 3.8) is 0 Å². The Morgan fingerprint density at radius 1 is 1.38 bits per heavy atom. The van der Waals surface area contributed by atoms with Gasteiger partial charge in [-0.3, -0.25) is 11.3 Å². The fraction of sp³-hybridized carbons (Fsp3) is 0.455. The van der Waals surface area contributed by atoms with Gasteiger partial charge < -0.3 is 0 Å². The number of nitrogens with one attached hydrogen (secondary N) is 1. The Labute approximate surface area is 97.7 Å². The third kappa shape index (κ3) is 2.51. The van der Waals surface area contributed by atoms with Crippen LogP contribution in [0, 0.1) is 17.6 Å². The summed E-state index contributed by atoms with van der Waals surface area (Å²) in [6.07, 6.45) is 3.00. The van der Waals surface area contributed by atoms with Gasteiger partial charge in [0.25, 0.3) is 0 Å². The van der Waals surface area contributed by atoms with E-state index in [1.807, 2.05) is 0 Å². The number of benzene rings is 1. The number of rotatable bonds is 4. The highest BCUT2D eigenvalue weighted by Gasteiger charge is 2.27. The van der Waals surface area contributed by atoms with E-state index < -0.39 is 11.6 Å². The Balaban J connectivity index is 2.25. The van der Waals surface area contributed by atoms with Crippen molar-refractivity contribution in [1.29, 1.82) is 0 Å². The van der Waals surface area contributed by atoms with Crippen LogP contribution in [0.2, 0.25) is 5.02 Å². The van der Waals surface area contributed by atoms with Crippen molar-refractivity contribution in [2.75, 3.05) is 0 Å². The van der Waals surface area contributed by atoms with Crippen molar-refractivity contribution in [1.82, 2.24) is 5.43 Å². The zero-order valence-corrected chi connectivity index (χ0v) is 9.40. The van der Waals surface area contributed by atoms with Crippen molar-refractivity contribution < 1.29 is 8.78 Å². The van der Waals surface area contributed by atoms with E-state index in [-0.39, 0.29) is 16.6 Å². The zero-order chi connectivity index (χ0) is 11.7. The lowest BCUT2D eigenvalue weighted by atomic mass is 10.0. The Morgan fingerprint density at radius 3 is 2.62 bits per heavy atom. The molecule has 1 aliphatic carbocycles. The van der Waals surface area contributed by atoms with Crippen LogP contribution in [0.25, 0.3) is 0 Å². The number of hydrogen-bond donors (Lipinski definition) is 2. The van der Waals surface area contributed by atoms with E-state index >= 15 is 0 Å². The maximum absolute atomic E-state index is 13.6. The van der Waals surface area contributed by atoms with E-state index in [0.717, 1.165) is 31.4 Å². The molecule has 0 spiro atoms. The first kappa shape index (κ1) is 11.8. The van der Waals surface area contributed by atoms with Crippen molar-refractivity contribution in [2.24, 2.45) is 11.8 Å². The highest BCUT2D eigenvalue weighted by Crippen LogP contribution is 2.38. The number of halogens is 3. The molecule has 0 aliphatic heterocycles. The molecular weight excluding hydrogens is 234 g/mol. The summed E-state index contributed by atoms with van der Waals surface area (Å²) in [6, 6.07) is 1.76. The molecule has 16 heavy (non-hydrogen) atoms. The van der Waals surface area contributed by atoms with Gasteiger partial charge in [0.1, 0.15) is 11.6 Å². The Bertz CT molecular complexity index is 394. The topological polar surface area (TPSA) is 38.0 Å². The molecule has 1 unspecified atom stereocenters. The standard InChI is InChI=1S/C11H13ClF2N2/c12-8-5-9(13)7(4-10(8)14)11(16-15)3-6-1-2-6/h4-6,11,16H,1-3,15H2. The van der Waals surface area contributed by atoms with Gasteiger partial charge >= 0.3 is 0 Å². The zero-order valence-electron chi connectivity index (χ0n) is 8.64. The summed E-state index contributed by atoms with van der Waals surface area (Å²) in [5, 5.41) is -0.205. The van der Waals surface area contributed by atoms with E-state index in [0.29, 0.717) is 5.92 Å². The van der Waals surface area contributed by atoms with Crippen molar-refractivity contribution in [2.45, 2.75) is 25.3 Å². The van der Waals surface area contributed by atoms with Gasteiger partial charge in [-0.15, -0.1) is 0 Å². The van der Waals surface area contributed by atoms with Crippen molar-refractivity contribution in [3.05, 3.63) is 34.4 Å². The van der Waals surface area contributed by atoms with Gasteiger partial charge in [-0.1, -0.05) is 24.4 Å². The Hall–Kier alpha value is -0.710. The number of nitrogens with two attached hydrogens (primary N) is 1. The van der Waals surface area contributed by atoms with Gasteiger partial charge in [0.15, 0.2) is 0 Å². The first-order chi connectivity index (χ1) is 7.61. The summed E-state index contributed by atoms with van der Waals surface area (Å²) >= 11 is 5.49. The fourth-order valence-electron chi connectivity index (χ4n) is 1.78. The molecule has 1 fully saturated rings. The molecule has 0 amide bonds. The summed E-state index contributed by atoms with van der Waals surface area (Å²) in [5.41, 5.74) is 2.77. The van der Waals surface area contributed by atoms with Gasteiger partial charge in [0, 0.05) is 11.6 Å². The van der Waals surface area contributed by atoms with Crippen LogP contribution >= 0.6 is 11.6 Å². The van der Waals surface area contributed by atoms with E-state index in [2.05, 4.69) is 5.43 Å². The van der Waals surface area contributed by atoms with Crippen LogP contribution in [0.3, 0.4) is 0 Å². The monoisotopic (exact) mass is 246 g/mol. The van der Waals surface area contributed by atoms with Crippen LogP contribution in [0.1, 0.15) is 30.9 Å². The highest BCUT2D eigenvalue weighted by molar-refractivity contribution is 6.30. The van der Waals surface area contributed by atoms with Gasteiger partial charge in [-0.25, -0.2) is 8.78 Å². The number of hydrogen-bond acceptors (Lipinski definition) is 2. The quantitative estimate of drug-likeness (QED) is 0.487. The molecule has 1 aliphatic rings. The summed E-state index contributed by atoms with van der Waals surface area (Å²) < 4.78 is 26.8. The Morgan fingerprint density at radius 2 is 2.06 bits per heavy atom. The molecule has 0 heterocycles. The molecule has 0 radical (unpaired) electrons. The normalized spacial score (nSPS) is 17.5. The molecule has 3 N–H and O–H groups in total. The van der Waals surface area contributed by atoms with Crippen molar-refractivity contribution in [3.8, 4) is 0 Å². The summed E-state index contributed by atoms with van der Waals surface area (Å²) in [5.74, 6) is 4.80. The third-order valence-corrected chi connectivity index (χ3v) is 3.17. The summed E-state index contributed by atoms with van der Waals surface area (Å²) in [6.45, 7) is 0. The highest BCUT2D eigenvalue weighted by atomic mass is 35.5. The SMILES string of the molecule is NNC(CC1CC1)c1cc(F)c(Cl)cc1F. The van der Waals surface area contributed by atoms with E-state index in [1.54, 1.807) is 0 Å². The third-order valence-electron chi connectivity index (χ3n) is 2.88. The van der Waals surface area contributed by atoms with E-state index in [9.17, 15) is 8.78 Å². The second kappa shape index (κ2) is 4.65. The van der Waals surface area contributed by atoms with Gasteiger partial charge in [0.2, 0.25) is 0 Å². The largest absolute Gasteiger partial charge is 0.271 e. The molecule has 2 rings (SSSR count). The van der Waals surface area contributed by atoms with Crippen LogP contribution in [0.15, 0.2) is 12.1 Å². The molecule has 0 bridgehead atoms. The average molecular weight is 247 g/mol. The minimum absolute atomic E-state index is 0.205. The average Bonchev–Trinajstić information content (AvgIpc) is 3.04. The predicted molar refractivity (Wildman–Crippen MR) is 58.8 cm³/mol. The molecule has 5 heteroatoms. The molecule has 2 nitrogen and oxygen atoms in total. The lowest BCUT2D eigenvalue weighted by Gasteiger charge is -2.17. The molecule has 0 aromatic heterocycles. The van der Waals surface area contributed by atoms with Crippen molar-refractivity contribution >= 4 is 11.6 Å². The minimum atomic E-state index is -0.617. The van der Waals surface area contributed by atoms with Crippen LogP contribution < -0.4 is 11.3 Å². The van der Waals surface area contributed by atoms with E-state index in [4.69, 9.17) is 17.4 Å². The smallest absolute Gasteiger partial charge is 0.142 e. The maximum Gasteiger partial charge on any atom is 0.142 e. The molecule has 1 aromatic rings. The molecular formula is C11H13ClF2N2. The summed E-state index contributed by atoms with van der Waals surface area (Å²) in [4.78, 5) is 0. The van der Waals surface area contributed by atoms with Crippen LogP contribution in [-0.2, 0) is 0 Å². The maximum atomic E-state index is 13.6. The van der Waals surface area contributed by atoms with E-state index in [1.165, 1.54) is 0 Å². The van der Waals surface area contributed by atoms with Gasteiger partial charge in [-0.05, 0) is 24.5 Å². The lowest BCUT2D eigenvalue weighted by molar-refractivity contribution is 0.459. The first-order valence-corrected chi connectivity index (χ1v) is 5.60. The van der Waals surface area contributed by atoms with Crippen LogP contribution in [0.5, 0.6) is 0 Å². The fourth-order valence-corrected chi connectivity index (χ4v) is 1.93. The van der Waals surface area contributed by atoms with Crippen LogP contribution in [0.4, 0.5) is 8.78 Å². The molecule has 1 aromatic carbocycles. The minimum Gasteiger partial charge on any atom is -0.271 e. The Kier molecular flexibility index (Phi) is 3.42. The van der Waals surface area contributed by atoms with Gasteiger partial charge in [0.05, 0.1) is 5.02 Å². The molecule has 88 valence electrons. The second-order valence-corrected chi connectivity index (χ2v) is 4.59. The predicted octanol–water partition coefficient (Wildman–Crippen LogP) is 2.92. The number of hydrazine groups is 1. The molecule has 1 atom stereocenters. The first-order valence-electron chi connectivity index (χ1n) is 5.22. The lowest BCUT2D eigenvalue weighted by Crippen LogP contribution is -2.29.